The number of rotatable bonds is 2. The fraction of sp³-hybridized carbons (Fsp3) is 0.474. The number of thiophene rings is 1. The summed E-state index contributed by atoms with van der Waals surface area (Å²) >= 11 is 1.68. The zero-order valence-corrected chi connectivity index (χ0v) is 14.7. The van der Waals surface area contributed by atoms with Crippen LogP contribution in [0.15, 0.2) is 24.3 Å². The molecule has 3 heterocycles. The predicted octanol–water partition coefficient (Wildman–Crippen LogP) is 4.03. The topological polar surface area (TPSA) is 38.7 Å². The molecule has 1 fully saturated rings. The molecule has 4 rings (SSSR count). The van der Waals surface area contributed by atoms with Gasteiger partial charge in [0, 0.05) is 28.2 Å². The van der Waals surface area contributed by atoms with E-state index in [1.807, 2.05) is 19.1 Å². The van der Waals surface area contributed by atoms with Gasteiger partial charge in [0.05, 0.1) is 18.8 Å². The summed E-state index contributed by atoms with van der Waals surface area (Å²) in [6.07, 6.45) is 1.00. The first kappa shape index (κ1) is 16.2. The molecule has 128 valence electrons. The Bertz CT molecular complexity index is 760. The molecule has 5 heteroatoms. The van der Waals surface area contributed by atoms with Crippen molar-refractivity contribution in [1.82, 2.24) is 0 Å². The fourth-order valence-corrected chi connectivity index (χ4v) is 4.69. The maximum atomic E-state index is 14.5. The molecule has 1 saturated heterocycles. The Morgan fingerprint density at radius 3 is 2.92 bits per heavy atom. The van der Waals surface area contributed by atoms with Gasteiger partial charge in [-0.05, 0) is 55.7 Å². The van der Waals surface area contributed by atoms with Crippen LogP contribution in [0.1, 0.15) is 46.2 Å². The van der Waals surface area contributed by atoms with Crippen LogP contribution in [0.25, 0.3) is 0 Å². The minimum Gasteiger partial charge on any atom is -0.393 e. The van der Waals surface area contributed by atoms with Gasteiger partial charge in [0.15, 0.2) is 5.79 Å². The van der Waals surface area contributed by atoms with Gasteiger partial charge < -0.3 is 14.6 Å². The molecule has 0 saturated carbocycles. The lowest BCUT2D eigenvalue weighted by molar-refractivity contribution is -0.295. The average Bonchev–Trinajstić information content (AvgIpc) is 3.04. The summed E-state index contributed by atoms with van der Waals surface area (Å²) in [5.41, 5.74) is 2.34. The van der Waals surface area contributed by atoms with Crippen molar-refractivity contribution in [3.05, 3.63) is 56.5 Å². The van der Waals surface area contributed by atoms with Crippen molar-refractivity contribution >= 4 is 11.3 Å². The van der Waals surface area contributed by atoms with Gasteiger partial charge in [-0.25, -0.2) is 4.39 Å². The Kier molecular flexibility index (Phi) is 4.00. The lowest BCUT2D eigenvalue weighted by atomic mass is 9.90. The van der Waals surface area contributed by atoms with Crippen LogP contribution in [-0.2, 0) is 28.3 Å². The molecule has 1 spiro atoms. The summed E-state index contributed by atoms with van der Waals surface area (Å²) < 4.78 is 26.5. The van der Waals surface area contributed by atoms with Gasteiger partial charge in [-0.1, -0.05) is 0 Å². The highest BCUT2D eigenvalue weighted by molar-refractivity contribution is 7.11. The number of fused-ring (bicyclic) bond motifs is 2. The van der Waals surface area contributed by atoms with E-state index in [-0.39, 0.29) is 11.9 Å². The van der Waals surface area contributed by atoms with Crippen molar-refractivity contribution < 1.29 is 19.0 Å². The highest BCUT2D eigenvalue weighted by atomic mass is 32.1. The molecule has 3 nitrogen and oxygen atoms in total. The van der Waals surface area contributed by atoms with Crippen molar-refractivity contribution in [1.29, 1.82) is 0 Å². The quantitative estimate of drug-likeness (QED) is 0.891. The van der Waals surface area contributed by atoms with E-state index in [4.69, 9.17) is 9.47 Å². The minimum absolute atomic E-state index is 0.0897. The number of halogens is 1. The second-order valence-electron chi connectivity index (χ2n) is 6.85. The van der Waals surface area contributed by atoms with Crippen molar-refractivity contribution in [2.45, 2.75) is 57.7 Å². The lowest BCUT2D eigenvalue weighted by Gasteiger charge is -2.39. The molecule has 3 atom stereocenters. The molecule has 0 bridgehead atoms. The zero-order chi connectivity index (χ0) is 16.9. The second-order valence-corrected chi connectivity index (χ2v) is 8.23. The third-order valence-corrected chi connectivity index (χ3v) is 5.80. The van der Waals surface area contributed by atoms with E-state index in [1.54, 1.807) is 17.4 Å². The van der Waals surface area contributed by atoms with Crippen molar-refractivity contribution in [2.24, 2.45) is 0 Å². The number of aliphatic hydroxyl groups excluding tert-OH is 1. The van der Waals surface area contributed by atoms with Crippen LogP contribution in [0, 0.1) is 12.7 Å². The number of hydrogen-bond acceptors (Lipinski definition) is 4. The molecular formula is C19H21FO3S. The van der Waals surface area contributed by atoms with E-state index in [1.165, 1.54) is 4.88 Å². The normalized spacial score (nSPS) is 29.2. The summed E-state index contributed by atoms with van der Waals surface area (Å²) in [4.78, 5) is 2.36. The molecule has 24 heavy (non-hydrogen) atoms. The SMILES string of the molecule is Cc1ccc(Cc2cc3c(cc2F)CO[C@@]32C[C@@H](O)C[C@@H](C)O2)s1. The average molecular weight is 348 g/mol. The number of benzene rings is 1. The van der Waals surface area contributed by atoms with E-state index in [9.17, 15) is 9.50 Å². The van der Waals surface area contributed by atoms with E-state index in [0.717, 1.165) is 16.0 Å². The third-order valence-electron chi connectivity index (χ3n) is 4.80. The molecule has 2 aromatic rings. The highest BCUT2D eigenvalue weighted by Crippen LogP contribution is 2.46. The van der Waals surface area contributed by atoms with E-state index < -0.39 is 11.9 Å². The van der Waals surface area contributed by atoms with Gasteiger partial charge in [-0.15, -0.1) is 11.3 Å². The maximum Gasteiger partial charge on any atom is 0.198 e. The van der Waals surface area contributed by atoms with Crippen LogP contribution in [0.2, 0.25) is 0 Å². The molecular weight excluding hydrogens is 327 g/mol. The maximum absolute atomic E-state index is 14.5. The van der Waals surface area contributed by atoms with Gasteiger partial charge in [0.2, 0.25) is 0 Å². The second kappa shape index (κ2) is 5.92. The Morgan fingerprint density at radius 2 is 2.21 bits per heavy atom. The van der Waals surface area contributed by atoms with Gasteiger partial charge >= 0.3 is 0 Å². The van der Waals surface area contributed by atoms with Crippen molar-refractivity contribution in [3.63, 3.8) is 0 Å². The molecule has 2 aliphatic heterocycles. The van der Waals surface area contributed by atoms with Gasteiger partial charge in [-0.2, -0.15) is 0 Å². The van der Waals surface area contributed by atoms with Gasteiger partial charge in [-0.3, -0.25) is 0 Å². The van der Waals surface area contributed by atoms with Gasteiger partial charge in [0.25, 0.3) is 0 Å². The summed E-state index contributed by atoms with van der Waals surface area (Å²) in [5, 5.41) is 10.2. The molecule has 2 aliphatic rings. The highest BCUT2D eigenvalue weighted by Gasteiger charge is 2.47. The number of aryl methyl sites for hydroxylation is 1. The Balaban J connectivity index is 1.71. The first-order valence-corrected chi connectivity index (χ1v) is 9.14. The van der Waals surface area contributed by atoms with Crippen LogP contribution in [0.4, 0.5) is 4.39 Å². The summed E-state index contributed by atoms with van der Waals surface area (Å²) in [5.74, 6) is -1.13. The number of aliphatic hydroxyl groups is 1. The van der Waals surface area contributed by atoms with E-state index in [0.29, 0.717) is 31.4 Å². The molecule has 1 N–H and O–H groups in total. The standard InChI is InChI=1S/C19H21FO3S/c1-11-5-15(21)9-19(23-11)17-7-13(6-16-4-3-12(2)24-16)18(20)8-14(17)10-22-19/h3-4,7-8,11,15,21H,5-6,9-10H2,1-2H3/t11-,15+,19-/m1/s1. The summed E-state index contributed by atoms with van der Waals surface area (Å²) in [6, 6.07) is 7.53. The number of ether oxygens (including phenoxy) is 2. The van der Waals surface area contributed by atoms with Crippen LogP contribution in [0.5, 0.6) is 0 Å². The fourth-order valence-electron chi connectivity index (χ4n) is 3.77. The molecule has 0 radical (unpaired) electrons. The first-order chi connectivity index (χ1) is 11.4. The van der Waals surface area contributed by atoms with Crippen LogP contribution >= 0.6 is 11.3 Å². The molecule has 0 amide bonds. The first-order valence-electron chi connectivity index (χ1n) is 8.32. The molecule has 1 aromatic heterocycles. The van der Waals surface area contributed by atoms with E-state index in [2.05, 4.69) is 13.0 Å². The van der Waals surface area contributed by atoms with Gasteiger partial charge in [0.1, 0.15) is 5.82 Å². The van der Waals surface area contributed by atoms with Crippen molar-refractivity contribution in [3.8, 4) is 0 Å². The monoisotopic (exact) mass is 348 g/mol. The van der Waals surface area contributed by atoms with Crippen molar-refractivity contribution in [2.75, 3.05) is 0 Å². The van der Waals surface area contributed by atoms with E-state index >= 15 is 0 Å². The minimum atomic E-state index is -0.930. The smallest absolute Gasteiger partial charge is 0.198 e. The predicted molar refractivity (Wildman–Crippen MR) is 90.5 cm³/mol. The van der Waals surface area contributed by atoms with Crippen LogP contribution < -0.4 is 0 Å². The molecule has 0 aliphatic carbocycles. The third kappa shape index (κ3) is 2.80. The Hall–Kier alpha value is -1.27. The number of hydrogen-bond donors (Lipinski definition) is 1. The molecule has 0 unspecified atom stereocenters. The zero-order valence-electron chi connectivity index (χ0n) is 13.8. The summed E-state index contributed by atoms with van der Waals surface area (Å²) in [7, 11) is 0. The Labute approximate surface area is 145 Å². The Morgan fingerprint density at radius 1 is 1.38 bits per heavy atom. The lowest BCUT2D eigenvalue weighted by Crippen LogP contribution is -2.43. The molecule has 1 aromatic carbocycles. The van der Waals surface area contributed by atoms with Crippen LogP contribution in [-0.4, -0.2) is 17.3 Å². The largest absolute Gasteiger partial charge is 0.393 e. The summed E-state index contributed by atoms with van der Waals surface area (Å²) in [6.45, 7) is 4.31. The van der Waals surface area contributed by atoms with Crippen LogP contribution in [0.3, 0.4) is 0 Å².